The van der Waals surface area contributed by atoms with Gasteiger partial charge in [-0.25, -0.2) is 4.98 Å². The first-order valence-corrected chi connectivity index (χ1v) is 7.98. The number of carbonyl (C=O) groups is 1. The van der Waals surface area contributed by atoms with Gasteiger partial charge in [0.15, 0.2) is 0 Å². The maximum absolute atomic E-state index is 12.1. The molecule has 1 aromatic carbocycles. The van der Waals surface area contributed by atoms with Crippen LogP contribution >= 0.6 is 0 Å². The first kappa shape index (κ1) is 16.8. The number of nitro groups is 1. The van der Waals surface area contributed by atoms with Crippen molar-refractivity contribution >= 4 is 23.1 Å². The Bertz CT molecular complexity index is 775. The van der Waals surface area contributed by atoms with E-state index in [-0.39, 0.29) is 17.4 Å². The number of hydrogen-bond donors (Lipinski definition) is 2. The van der Waals surface area contributed by atoms with E-state index >= 15 is 0 Å². The number of pyridine rings is 1. The molecule has 0 unspecified atom stereocenters. The molecule has 0 saturated carbocycles. The van der Waals surface area contributed by atoms with E-state index in [4.69, 9.17) is 4.74 Å². The second kappa shape index (κ2) is 7.71. The van der Waals surface area contributed by atoms with Crippen molar-refractivity contribution in [2.45, 2.75) is 25.5 Å². The summed E-state index contributed by atoms with van der Waals surface area (Å²) in [5.41, 5.74) is 1.45. The number of amides is 1. The van der Waals surface area contributed by atoms with E-state index < -0.39 is 11.0 Å². The van der Waals surface area contributed by atoms with Crippen molar-refractivity contribution in [3.05, 3.63) is 58.3 Å². The first-order valence-electron chi connectivity index (χ1n) is 7.98. The molecule has 0 spiro atoms. The molecule has 130 valence electrons. The third-order valence-corrected chi connectivity index (χ3v) is 3.86. The molecule has 3 rings (SSSR count). The number of carbonyl (C=O) groups excluding carboxylic acids is 1. The van der Waals surface area contributed by atoms with Crippen molar-refractivity contribution in [3.63, 3.8) is 0 Å². The first-order chi connectivity index (χ1) is 12.1. The molecule has 1 fully saturated rings. The minimum absolute atomic E-state index is 0.0784. The summed E-state index contributed by atoms with van der Waals surface area (Å²) in [4.78, 5) is 26.6. The van der Waals surface area contributed by atoms with E-state index in [1.807, 2.05) is 18.2 Å². The molecule has 25 heavy (non-hydrogen) atoms. The maximum Gasteiger partial charge on any atom is 0.311 e. The highest BCUT2D eigenvalue weighted by molar-refractivity contribution is 5.94. The quantitative estimate of drug-likeness (QED) is 0.617. The minimum Gasteiger partial charge on any atom is -0.368 e. The average Bonchev–Trinajstić information content (AvgIpc) is 3.15. The second-order valence-corrected chi connectivity index (χ2v) is 5.67. The summed E-state index contributed by atoms with van der Waals surface area (Å²) >= 11 is 0. The van der Waals surface area contributed by atoms with Crippen LogP contribution in [0, 0.1) is 10.1 Å². The van der Waals surface area contributed by atoms with Crippen LogP contribution in [0.15, 0.2) is 42.6 Å². The van der Waals surface area contributed by atoms with Crippen molar-refractivity contribution in [1.29, 1.82) is 0 Å². The van der Waals surface area contributed by atoms with Crippen molar-refractivity contribution < 1.29 is 14.5 Å². The SMILES string of the molecule is O=C(Nc1cccc(CNc2ncccc2[N+](=O)[O-])c1)[C@@H]1CCCO1. The summed E-state index contributed by atoms with van der Waals surface area (Å²) in [5, 5.41) is 16.8. The summed E-state index contributed by atoms with van der Waals surface area (Å²) in [6.07, 6.45) is 2.73. The molecule has 1 aromatic heterocycles. The van der Waals surface area contributed by atoms with E-state index in [0.29, 0.717) is 18.8 Å². The van der Waals surface area contributed by atoms with Gasteiger partial charge in [-0.2, -0.15) is 0 Å². The summed E-state index contributed by atoms with van der Waals surface area (Å²) in [5.74, 6) is 0.0595. The average molecular weight is 342 g/mol. The van der Waals surface area contributed by atoms with Crippen LogP contribution in [0.2, 0.25) is 0 Å². The predicted octanol–water partition coefficient (Wildman–Crippen LogP) is 2.72. The van der Waals surface area contributed by atoms with Gasteiger partial charge in [-0.1, -0.05) is 12.1 Å². The van der Waals surface area contributed by atoms with Crippen LogP contribution in [0.4, 0.5) is 17.2 Å². The van der Waals surface area contributed by atoms with Gasteiger partial charge in [0.2, 0.25) is 5.82 Å². The Morgan fingerprint density at radius 2 is 2.24 bits per heavy atom. The number of hydrogen-bond acceptors (Lipinski definition) is 6. The van der Waals surface area contributed by atoms with Crippen LogP contribution < -0.4 is 10.6 Å². The number of nitrogens with one attached hydrogen (secondary N) is 2. The van der Waals surface area contributed by atoms with Crippen molar-refractivity contribution in [1.82, 2.24) is 4.98 Å². The fraction of sp³-hybridized carbons (Fsp3) is 0.294. The number of nitrogens with zero attached hydrogens (tertiary/aromatic N) is 2. The Labute approximate surface area is 144 Å². The second-order valence-electron chi connectivity index (χ2n) is 5.67. The summed E-state index contributed by atoms with van der Waals surface area (Å²) in [7, 11) is 0. The lowest BCUT2D eigenvalue weighted by molar-refractivity contribution is -0.384. The molecule has 1 atom stereocenters. The normalized spacial score (nSPS) is 16.4. The number of anilines is 2. The molecule has 0 bridgehead atoms. The largest absolute Gasteiger partial charge is 0.368 e. The molecule has 1 amide bonds. The highest BCUT2D eigenvalue weighted by Crippen LogP contribution is 2.22. The third kappa shape index (κ3) is 4.30. The van der Waals surface area contributed by atoms with Gasteiger partial charge >= 0.3 is 5.69 Å². The highest BCUT2D eigenvalue weighted by atomic mass is 16.6. The van der Waals surface area contributed by atoms with Crippen LogP contribution in [-0.4, -0.2) is 28.5 Å². The third-order valence-electron chi connectivity index (χ3n) is 3.86. The monoisotopic (exact) mass is 342 g/mol. The van der Waals surface area contributed by atoms with E-state index in [1.54, 1.807) is 6.07 Å². The van der Waals surface area contributed by atoms with E-state index in [9.17, 15) is 14.9 Å². The van der Waals surface area contributed by atoms with Gasteiger partial charge in [-0.05, 0) is 36.6 Å². The zero-order valence-corrected chi connectivity index (χ0v) is 13.5. The van der Waals surface area contributed by atoms with E-state index in [1.165, 1.54) is 18.3 Å². The zero-order valence-electron chi connectivity index (χ0n) is 13.5. The van der Waals surface area contributed by atoms with E-state index in [0.717, 1.165) is 18.4 Å². The van der Waals surface area contributed by atoms with Gasteiger partial charge in [0.05, 0.1) is 4.92 Å². The Hall–Kier alpha value is -3.00. The predicted molar refractivity (Wildman–Crippen MR) is 92.3 cm³/mol. The van der Waals surface area contributed by atoms with Crippen LogP contribution in [-0.2, 0) is 16.1 Å². The lowest BCUT2D eigenvalue weighted by Gasteiger charge is -2.12. The number of rotatable bonds is 6. The minimum atomic E-state index is -0.479. The highest BCUT2D eigenvalue weighted by Gasteiger charge is 2.23. The Morgan fingerprint density at radius 3 is 3.00 bits per heavy atom. The molecule has 0 aliphatic carbocycles. The van der Waals surface area contributed by atoms with Gasteiger partial charge in [-0.3, -0.25) is 14.9 Å². The number of ether oxygens (including phenoxy) is 1. The van der Waals surface area contributed by atoms with E-state index in [2.05, 4.69) is 15.6 Å². The van der Waals surface area contributed by atoms with Gasteiger partial charge in [-0.15, -0.1) is 0 Å². The van der Waals surface area contributed by atoms with Crippen molar-refractivity contribution in [3.8, 4) is 0 Å². The van der Waals surface area contributed by atoms with Gasteiger partial charge in [0.25, 0.3) is 5.91 Å². The van der Waals surface area contributed by atoms with Crippen molar-refractivity contribution in [2.24, 2.45) is 0 Å². The molecule has 2 N–H and O–H groups in total. The molecule has 1 aliphatic rings. The summed E-state index contributed by atoms with van der Waals surface area (Å²) in [6.45, 7) is 0.965. The van der Waals surface area contributed by atoms with Gasteiger partial charge < -0.3 is 15.4 Å². The lowest BCUT2D eigenvalue weighted by Crippen LogP contribution is -2.26. The van der Waals surface area contributed by atoms with Crippen LogP contribution in [0.5, 0.6) is 0 Å². The van der Waals surface area contributed by atoms with Crippen molar-refractivity contribution in [2.75, 3.05) is 17.2 Å². The molecule has 8 nitrogen and oxygen atoms in total. The molecule has 2 heterocycles. The van der Waals surface area contributed by atoms with Crippen LogP contribution in [0.1, 0.15) is 18.4 Å². The van der Waals surface area contributed by atoms with Gasteiger partial charge in [0, 0.05) is 31.1 Å². The smallest absolute Gasteiger partial charge is 0.311 e. The maximum atomic E-state index is 12.1. The van der Waals surface area contributed by atoms with Gasteiger partial charge in [0.1, 0.15) is 6.10 Å². The number of benzene rings is 1. The molecule has 8 heteroatoms. The Balaban J connectivity index is 1.64. The number of aromatic nitrogens is 1. The fourth-order valence-corrected chi connectivity index (χ4v) is 2.63. The van der Waals surface area contributed by atoms with Crippen LogP contribution in [0.3, 0.4) is 0 Å². The molecular formula is C17H18N4O4. The standard InChI is InChI=1S/C17H18N4O4/c22-17(15-7-3-9-25-15)20-13-5-1-4-12(10-13)11-19-16-14(21(23)24)6-2-8-18-16/h1-2,4-6,8,10,15H,3,7,9,11H2,(H,18,19)(H,20,22)/t15-/m0/s1. The topological polar surface area (TPSA) is 106 Å². The molecule has 1 saturated heterocycles. The Morgan fingerprint density at radius 1 is 1.36 bits per heavy atom. The summed E-state index contributed by atoms with van der Waals surface area (Å²) < 4.78 is 5.36. The fourth-order valence-electron chi connectivity index (χ4n) is 2.63. The molecule has 0 radical (unpaired) electrons. The van der Waals surface area contributed by atoms with Crippen LogP contribution in [0.25, 0.3) is 0 Å². The molecule has 1 aliphatic heterocycles. The zero-order chi connectivity index (χ0) is 17.6. The molecule has 2 aromatic rings. The summed E-state index contributed by atoms with van der Waals surface area (Å²) in [6, 6.07) is 10.2. The lowest BCUT2D eigenvalue weighted by atomic mass is 10.2. The molecular weight excluding hydrogens is 324 g/mol. The Kier molecular flexibility index (Phi) is 5.20.